The molecule has 2 N–H and O–H groups in total. The molecule has 3 aromatic rings. The zero-order chi connectivity index (χ0) is 26.4. The van der Waals surface area contributed by atoms with E-state index in [-0.39, 0.29) is 36.6 Å². The fourth-order valence-electron chi connectivity index (χ4n) is 4.23. The van der Waals surface area contributed by atoms with Crippen LogP contribution in [0.25, 0.3) is 0 Å². The van der Waals surface area contributed by atoms with Gasteiger partial charge in [-0.05, 0) is 46.9 Å². The number of carbonyl (C=O) groups excluding carboxylic acids is 3. The maximum atomic E-state index is 13.4. The lowest BCUT2D eigenvalue weighted by molar-refractivity contribution is -0.126. The Labute approximate surface area is 215 Å². The highest BCUT2D eigenvalue weighted by Crippen LogP contribution is 2.34. The average molecular weight is 504 g/mol. The normalized spacial score (nSPS) is 17.0. The first kappa shape index (κ1) is 25.9. The van der Waals surface area contributed by atoms with Crippen molar-refractivity contribution in [2.75, 3.05) is 5.32 Å². The summed E-state index contributed by atoms with van der Waals surface area (Å²) < 4.78 is 19.0. The third-order valence-corrected chi connectivity index (χ3v) is 6.05. The van der Waals surface area contributed by atoms with Gasteiger partial charge in [0, 0.05) is 18.7 Å². The average Bonchev–Trinajstić information content (AvgIpc) is 3.20. The Balaban J connectivity index is 1.54. The summed E-state index contributed by atoms with van der Waals surface area (Å²) in [4.78, 5) is 39.9. The molecule has 37 heavy (non-hydrogen) atoms. The van der Waals surface area contributed by atoms with E-state index in [1.54, 1.807) is 36.4 Å². The number of halogens is 1. The molecule has 4 rings (SSSR count). The molecule has 192 valence electrons. The van der Waals surface area contributed by atoms with Crippen molar-refractivity contribution in [1.82, 2.24) is 10.2 Å². The quantitative estimate of drug-likeness (QED) is 0.421. The Hall–Kier alpha value is -4.20. The van der Waals surface area contributed by atoms with Crippen molar-refractivity contribution in [2.45, 2.75) is 45.5 Å². The molecule has 1 fully saturated rings. The highest BCUT2D eigenvalue weighted by atomic mass is 19.1. The minimum absolute atomic E-state index is 0.0814. The van der Waals surface area contributed by atoms with Crippen molar-refractivity contribution >= 4 is 23.6 Å². The van der Waals surface area contributed by atoms with Gasteiger partial charge in [0.05, 0.1) is 6.54 Å². The second-order valence-corrected chi connectivity index (χ2v) is 9.48. The molecule has 8 heteroatoms. The lowest BCUT2D eigenvalue weighted by Crippen LogP contribution is -2.46. The number of anilines is 1. The first-order valence-electron chi connectivity index (χ1n) is 12.2. The molecule has 0 spiro atoms. The smallest absolute Gasteiger partial charge is 0.411 e. The van der Waals surface area contributed by atoms with E-state index < -0.39 is 18.2 Å². The fourth-order valence-corrected chi connectivity index (χ4v) is 4.23. The molecule has 1 heterocycles. The molecule has 0 aromatic heterocycles. The van der Waals surface area contributed by atoms with E-state index >= 15 is 0 Å². The largest absolute Gasteiger partial charge is 0.438 e. The Morgan fingerprint density at radius 1 is 0.946 bits per heavy atom. The summed E-state index contributed by atoms with van der Waals surface area (Å²) in [5.74, 6) is -0.586. The van der Waals surface area contributed by atoms with E-state index in [4.69, 9.17) is 4.74 Å². The topological polar surface area (TPSA) is 87.7 Å². The molecule has 7 nitrogen and oxygen atoms in total. The number of hydrogen-bond acceptors (Lipinski definition) is 4. The number of nitrogens with one attached hydrogen (secondary N) is 2. The Bertz CT molecular complexity index is 1230. The van der Waals surface area contributed by atoms with E-state index in [9.17, 15) is 18.8 Å². The van der Waals surface area contributed by atoms with Crippen LogP contribution in [0.5, 0.6) is 0 Å². The number of benzene rings is 3. The van der Waals surface area contributed by atoms with Crippen LogP contribution >= 0.6 is 0 Å². The minimum Gasteiger partial charge on any atom is -0.438 e. The van der Waals surface area contributed by atoms with Crippen LogP contribution in [0.15, 0.2) is 78.9 Å². The van der Waals surface area contributed by atoms with Gasteiger partial charge >= 0.3 is 6.09 Å². The number of carbonyl (C=O) groups is 3. The molecule has 1 aliphatic rings. The van der Waals surface area contributed by atoms with Crippen molar-refractivity contribution in [3.63, 3.8) is 0 Å². The molecule has 1 saturated heterocycles. The molecule has 1 aliphatic heterocycles. The lowest BCUT2D eigenvalue weighted by Gasteiger charge is -2.24. The maximum Gasteiger partial charge on any atom is 0.411 e. The highest BCUT2D eigenvalue weighted by Gasteiger charge is 2.46. The number of amides is 3. The van der Waals surface area contributed by atoms with Gasteiger partial charge in [-0.15, -0.1) is 0 Å². The van der Waals surface area contributed by atoms with Gasteiger partial charge in [-0.2, -0.15) is 0 Å². The molecule has 0 radical (unpaired) electrons. The zero-order valence-corrected chi connectivity index (χ0v) is 20.8. The van der Waals surface area contributed by atoms with Gasteiger partial charge in [0.15, 0.2) is 12.1 Å². The van der Waals surface area contributed by atoms with Crippen LogP contribution in [-0.2, 0) is 27.4 Å². The van der Waals surface area contributed by atoms with E-state index in [0.29, 0.717) is 17.7 Å². The number of nitrogens with zero attached hydrogens (tertiary/aromatic N) is 1. The zero-order valence-electron chi connectivity index (χ0n) is 20.8. The van der Waals surface area contributed by atoms with Crippen molar-refractivity contribution in [1.29, 1.82) is 0 Å². The van der Waals surface area contributed by atoms with Gasteiger partial charge < -0.3 is 15.4 Å². The Kier molecular flexibility index (Phi) is 8.18. The number of cyclic esters (lactones) is 1. The van der Waals surface area contributed by atoms with Crippen LogP contribution in [0.1, 0.15) is 43.1 Å². The second-order valence-electron chi connectivity index (χ2n) is 9.48. The molecule has 0 bridgehead atoms. The summed E-state index contributed by atoms with van der Waals surface area (Å²) in [6.07, 6.45) is -1.03. The van der Waals surface area contributed by atoms with E-state index in [0.717, 1.165) is 11.1 Å². The molecule has 3 aromatic carbocycles. The second kappa shape index (κ2) is 11.7. The molecule has 2 atom stereocenters. The van der Waals surface area contributed by atoms with Crippen molar-refractivity contribution in [2.24, 2.45) is 5.92 Å². The van der Waals surface area contributed by atoms with Crippen LogP contribution in [0, 0.1) is 11.7 Å². The van der Waals surface area contributed by atoms with E-state index in [1.807, 2.05) is 44.2 Å². The van der Waals surface area contributed by atoms with Crippen LogP contribution in [-0.4, -0.2) is 28.8 Å². The van der Waals surface area contributed by atoms with Gasteiger partial charge in [-0.1, -0.05) is 68.4 Å². The summed E-state index contributed by atoms with van der Waals surface area (Å²) in [7, 11) is 0. The summed E-state index contributed by atoms with van der Waals surface area (Å²) in [6, 6.07) is 21.2. The van der Waals surface area contributed by atoms with Crippen molar-refractivity contribution in [3.8, 4) is 0 Å². The van der Waals surface area contributed by atoms with Gasteiger partial charge in [0.25, 0.3) is 0 Å². The van der Waals surface area contributed by atoms with Crippen LogP contribution in [0.4, 0.5) is 14.9 Å². The third kappa shape index (κ3) is 6.73. The van der Waals surface area contributed by atoms with Crippen LogP contribution in [0.3, 0.4) is 0 Å². The minimum atomic E-state index is -0.922. The summed E-state index contributed by atoms with van der Waals surface area (Å²) >= 11 is 0. The summed E-state index contributed by atoms with van der Waals surface area (Å²) in [6.45, 7) is 4.32. The fraction of sp³-hybridized carbons (Fsp3) is 0.276. The predicted molar refractivity (Wildman–Crippen MR) is 138 cm³/mol. The third-order valence-electron chi connectivity index (χ3n) is 6.05. The maximum absolute atomic E-state index is 13.4. The van der Waals surface area contributed by atoms with Gasteiger partial charge in [-0.25, -0.2) is 9.18 Å². The monoisotopic (exact) mass is 503 g/mol. The molecule has 3 amide bonds. The standard InChI is InChI=1S/C29H30FN3O4/c1-19(2)16-25(34)32-24-14-10-22(11-15-24)27-26(28(35)31-17-20-8-12-23(30)13-9-20)33(29(36)37-27)18-21-6-4-3-5-7-21/h3-15,19,26-27H,16-18H2,1-2H3,(H,31,35)(H,32,34)/t26-,27+/m1/s1. The van der Waals surface area contributed by atoms with Crippen LogP contribution < -0.4 is 10.6 Å². The van der Waals surface area contributed by atoms with Gasteiger partial charge in [0.1, 0.15) is 5.82 Å². The Morgan fingerprint density at radius 3 is 2.27 bits per heavy atom. The van der Waals surface area contributed by atoms with Gasteiger partial charge in [0.2, 0.25) is 11.8 Å². The summed E-state index contributed by atoms with van der Waals surface area (Å²) in [5, 5.41) is 5.71. The van der Waals surface area contributed by atoms with Crippen molar-refractivity contribution < 1.29 is 23.5 Å². The first-order chi connectivity index (χ1) is 17.8. The molecular formula is C29H30FN3O4. The SMILES string of the molecule is CC(C)CC(=O)Nc1ccc([C@@H]2OC(=O)N(Cc3ccccc3)[C@H]2C(=O)NCc2ccc(F)cc2)cc1. The van der Waals surface area contributed by atoms with E-state index in [1.165, 1.54) is 17.0 Å². The number of hydrogen-bond donors (Lipinski definition) is 2. The molecule has 0 aliphatic carbocycles. The van der Waals surface area contributed by atoms with Crippen molar-refractivity contribution in [3.05, 3.63) is 101 Å². The molecular weight excluding hydrogens is 473 g/mol. The predicted octanol–water partition coefficient (Wildman–Crippen LogP) is 5.19. The van der Waals surface area contributed by atoms with Crippen LogP contribution in [0.2, 0.25) is 0 Å². The molecule has 0 saturated carbocycles. The highest BCUT2D eigenvalue weighted by molar-refractivity contribution is 5.91. The number of rotatable bonds is 9. The Morgan fingerprint density at radius 2 is 1.62 bits per heavy atom. The molecule has 0 unspecified atom stereocenters. The summed E-state index contributed by atoms with van der Waals surface area (Å²) in [5.41, 5.74) is 2.84. The lowest BCUT2D eigenvalue weighted by atomic mass is 10.00. The van der Waals surface area contributed by atoms with E-state index in [2.05, 4.69) is 10.6 Å². The number of ether oxygens (including phenoxy) is 1. The first-order valence-corrected chi connectivity index (χ1v) is 12.2. The van der Waals surface area contributed by atoms with Gasteiger partial charge in [-0.3, -0.25) is 14.5 Å².